The highest BCUT2D eigenvalue weighted by Gasteiger charge is 2.20. The van der Waals surface area contributed by atoms with Gasteiger partial charge < -0.3 is 5.32 Å². The zero-order chi connectivity index (χ0) is 15.6. The predicted octanol–water partition coefficient (Wildman–Crippen LogP) is 4.51. The summed E-state index contributed by atoms with van der Waals surface area (Å²) in [5.41, 5.74) is 3.27. The average molecular weight is 483 g/mol. The number of likely N-dealkylation sites (N-methyl/N-ethyl adjacent to an activating group) is 1. The summed E-state index contributed by atoms with van der Waals surface area (Å²) in [5, 5.41) is 8.67. The Morgan fingerprint density at radius 2 is 2.19 bits per heavy atom. The quantitative estimate of drug-likeness (QED) is 0.636. The van der Waals surface area contributed by atoms with Gasteiger partial charge in [-0.25, -0.2) is 0 Å². The lowest BCUT2D eigenvalue weighted by atomic mass is 10.0. The lowest BCUT2D eigenvalue weighted by molar-refractivity contribution is 0.559. The number of nitrogens with zero attached hydrogens (tertiary/aromatic N) is 2. The fourth-order valence-corrected chi connectivity index (χ4v) is 3.79. The first-order valence-corrected chi connectivity index (χ1v) is 9.05. The van der Waals surface area contributed by atoms with Gasteiger partial charge in [0.15, 0.2) is 0 Å². The number of nitrogens with one attached hydrogen (secondary N) is 1. The molecule has 0 saturated heterocycles. The molecule has 0 aliphatic rings. The third kappa shape index (κ3) is 3.81. The fraction of sp³-hybridized carbons (Fsp3) is 0.400. The molecule has 0 saturated carbocycles. The number of hydrogen-bond acceptors (Lipinski definition) is 2. The van der Waals surface area contributed by atoms with E-state index in [0.717, 1.165) is 33.7 Å². The van der Waals surface area contributed by atoms with Crippen molar-refractivity contribution < 1.29 is 0 Å². The first kappa shape index (κ1) is 17.2. The number of halogens is 3. The molecule has 1 aromatic carbocycles. The van der Waals surface area contributed by atoms with E-state index in [1.54, 1.807) is 0 Å². The fourth-order valence-electron chi connectivity index (χ4n) is 2.38. The molecule has 21 heavy (non-hydrogen) atoms. The molecule has 2 aromatic rings. The highest BCUT2D eigenvalue weighted by molar-refractivity contribution is 14.1. The van der Waals surface area contributed by atoms with Gasteiger partial charge >= 0.3 is 0 Å². The van der Waals surface area contributed by atoms with Gasteiger partial charge in [0, 0.05) is 27.6 Å². The average Bonchev–Trinajstić information content (AvgIpc) is 2.74. The SMILES string of the molecule is CCc1nn(C)c(CC(NC)c2cc(I)ccc2Br)c1Cl. The van der Waals surface area contributed by atoms with Crippen LogP contribution in [-0.2, 0) is 19.9 Å². The molecule has 0 spiro atoms. The summed E-state index contributed by atoms with van der Waals surface area (Å²) in [6, 6.07) is 6.56. The molecule has 114 valence electrons. The van der Waals surface area contributed by atoms with Crippen LogP contribution in [0.4, 0.5) is 0 Å². The van der Waals surface area contributed by atoms with E-state index in [4.69, 9.17) is 11.6 Å². The summed E-state index contributed by atoms with van der Waals surface area (Å²) in [4.78, 5) is 0. The van der Waals surface area contributed by atoms with E-state index in [1.165, 1.54) is 9.13 Å². The Bertz CT molecular complexity index is 642. The molecule has 1 heterocycles. The van der Waals surface area contributed by atoms with Gasteiger partial charge in [-0.1, -0.05) is 34.5 Å². The van der Waals surface area contributed by atoms with Crippen LogP contribution in [0.3, 0.4) is 0 Å². The Hall–Kier alpha value is -0.110. The molecular weight excluding hydrogens is 464 g/mol. The molecule has 1 unspecified atom stereocenters. The molecule has 3 nitrogen and oxygen atoms in total. The van der Waals surface area contributed by atoms with Crippen LogP contribution in [0.5, 0.6) is 0 Å². The van der Waals surface area contributed by atoms with E-state index >= 15 is 0 Å². The van der Waals surface area contributed by atoms with Gasteiger partial charge in [0.05, 0.1) is 16.4 Å². The molecule has 1 N–H and O–H groups in total. The van der Waals surface area contributed by atoms with Crippen LogP contribution in [0.25, 0.3) is 0 Å². The van der Waals surface area contributed by atoms with Crippen LogP contribution >= 0.6 is 50.1 Å². The van der Waals surface area contributed by atoms with Crippen molar-refractivity contribution in [2.45, 2.75) is 25.8 Å². The van der Waals surface area contributed by atoms with E-state index in [-0.39, 0.29) is 6.04 Å². The maximum Gasteiger partial charge on any atom is 0.0850 e. The van der Waals surface area contributed by atoms with Crippen LogP contribution < -0.4 is 5.32 Å². The van der Waals surface area contributed by atoms with E-state index in [1.807, 2.05) is 18.8 Å². The van der Waals surface area contributed by atoms with Crippen LogP contribution in [0.1, 0.15) is 29.9 Å². The van der Waals surface area contributed by atoms with Crippen LogP contribution in [-0.4, -0.2) is 16.8 Å². The molecule has 1 aromatic heterocycles. The predicted molar refractivity (Wildman–Crippen MR) is 100.0 cm³/mol. The molecule has 0 fully saturated rings. The summed E-state index contributed by atoms with van der Waals surface area (Å²) in [6.45, 7) is 2.07. The number of benzene rings is 1. The Morgan fingerprint density at radius 1 is 1.48 bits per heavy atom. The number of hydrogen-bond donors (Lipinski definition) is 1. The highest BCUT2D eigenvalue weighted by atomic mass is 127. The highest BCUT2D eigenvalue weighted by Crippen LogP contribution is 2.30. The maximum atomic E-state index is 6.47. The summed E-state index contributed by atoms with van der Waals surface area (Å²) in [5.74, 6) is 0. The van der Waals surface area contributed by atoms with Crippen molar-refractivity contribution in [1.29, 1.82) is 0 Å². The van der Waals surface area contributed by atoms with Crippen molar-refractivity contribution in [1.82, 2.24) is 15.1 Å². The van der Waals surface area contributed by atoms with Crippen molar-refractivity contribution in [3.05, 3.63) is 48.2 Å². The third-order valence-electron chi connectivity index (χ3n) is 3.58. The Kier molecular flexibility index (Phi) is 6.11. The number of aryl methyl sites for hydroxylation is 2. The van der Waals surface area contributed by atoms with Crippen LogP contribution in [0.2, 0.25) is 5.02 Å². The van der Waals surface area contributed by atoms with Gasteiger partial charge in [0.2, 0.25) is 0 Å². The van der Waals surface area contributed by atoms with Crippen LogP contribution in [0, 0.1) is 3.57 Å². The van der Waals surface area contributed by atoms with E-state index in [9.17, 15) is 0 Å². The van der Waals surface area contributed by atoms with Crippen molar-refractivity contribution in [2.75, 3.05) is 7.05 Å². The van der Waals surface area contributed by atoms with Crippen molar-refractivity contribution in [3.63, 3.8) is 0 Å². The second kappa shape index (κ2) is 7.44. The third-order valence-corrected chi connectivity index (χ3v) is 5.41. The summed E-state index contributed by atoms with van der Waals surface area (Å²) in [6.07, 6.45) is 1.65. The number of rotatable bonds is 5. The summed E-state index contributed by atoms with van der Waals surface area (Å²) >= 11 is 12.4. The van der Waals surface area contributed by atoms with Gasteiger partial charge in [-0.05, 0) is 59.8 Å². The topological polar surface area (TPSA) is 29.9 Å². The molecule has 0 aliphatic heterocycles. The molecule has 0 bridgehead atoms. The van der Waals surface area contributed by atoms with Gasteiger partial charge in [-0.3, -0.25) is 4.68 Å². The number of aromatic nitrogens is 2. The zero-order valence-electron chi connectivity index (χ0n) is 12.3. The maximum absolute atomic E-state index is 6.47. The Morgan fingerprint density at radius 3 is 2.76 bits per heavy atom. The lowest BCUT2D eigenvalue weighted by Crippen LogP contribution is -2.21. The van der Waals surface area contributed by atoms with E-state index < -0.39 is 0 Å². The van der Waals surface area contributed by atoms with Crippen molar-refractivity contribution >= 4 is 50.1 Å². The molecule has 0 aliphatic carbocycles. The summed E-state index contributed by atoms with van der Waals surface area (Å²) in [7, 11) is 3.93. The largest absolute Gasteiger partial charge is 0.313 e. The molecular formula is C15H18BrClIN3. The monoisotopic (exact) mass is 481 g/mol. The lowest BCUT2D eigenvalue weighted by Gasteiger charge is -2.19. The van der Waals surface area contributed by atoms with Gasteiger partial charge in [-0.15, -0.1) is 0 Å². The molecule has 6 heteroatoms. The Balaban J connectivity index is 2.36. The van der Waals surface area contributed by atoms with Gasteiger partial charge in [0.25, 0.3) is 0 Å². The second-order valence-electron chi connectivity index (χ2n) is 4.90. The normalized spacial score (nSPS) is 12.7. The minimum atomic E-state index is 0.187. The van der Waals surface area contributed by atoms with Crippen LogP contribution in [0.15, 0.2) is 22.7 Å². The van der Waals surface area contributed by atoms with E-state index in [2.05, 4.69) is 74.1 Å². The second-order valence-corrected chi connectivity index (χ2v) is 7.37. The molecule has 0 radical (unpaired) electrons. The smallest absolute Gasteiger partial charge is 0.0850 e. The van der Waals surface area contributed by atoms with Crippen molar-refractivity contribution in [2.24, 2.45) is 7.05 Å². The van der Waals surface area contributed by atoms with Gasteiger partial charge in [-0.2, -0.15) is 5.10 Å². The van der Waals surface area contributed by atoms with Crippen molar-refractivity contribution in [3.8, 4) is 0 Å². The van der Waals surface area contributed by atoms with E-state index in [0.29, 0.717) is 0 Å². The zero-order valence-corrected chi connectivity index (χ0v) is 16.8. The first-order valence-electron chi connectivity index (χ1n) is 6.80. The first-order chi connectivity index (χ1) is 9.97. The minimum Gasteiger partial charge on any atom is -0.313 e. The summed E-state index contributed by atoms with van der Waals surface area (Å²) < 4.78 is 4.22. The molecule has 0 amide bonds. The standard InChI is InChI=1S/C15H18BrClIN3/c1-4-12-15(17)14(21(3)20-12)8-13(19-2)10-7-9(18)5-6-11(10)16/h5-7,13,19H,4,8H2,1-3H3. The molecule has 2 rings (SSSR count). The minimum absolute atomic E-state index is 0.187. The molecule has 1 atom stereocenters. The van der Waals surface area contributed by atoms with Gasteiger partial charge in [0.1, 0.15) is 0 Å². The Labute approximate surface area is 152 Å².